The van der Waals surface area contributed by atoms with Gasteiger partial charge in [0.2, 0.25) is 5.91 Å². The molecule has 124 valence electrons. The van der Waals surface area contributed by atoms with Crippen LogP contribution in [0.1, 0.15) is 24.3 Å². The highest BCUT2D eigenvalue weighted by atomic mass is 16.5. The molecule has 0 aliphatic rings. The standard InChI is InChI=1S/C18H24N2O3/c1-14(23-13-15-8-5-4-6-9-15)18(21)19-12-16(20(2)3)17-10-7-11-22-17/h4-11,14,16H,12-13H2,1-3H3,(H,19,21). The van der Waals surface area contributed by atoms with Crippen molar-refractivity contribution >= 4 is 5.91 Å². The van der Waals surface area contributed by atoms with E-state index in [1.165, 1.54) is 0 Å². The molecule has 5 nitrogen and oxygen atoms in total. The highest BCUT2D eigenvalue weighted by Crippen LogP contribution is 2.17. The number of benzene rings is 1. The van der Waals surface area contributed by atoms with Gasteiger partial charge in [-0.1, -0.05) is 30.3 Å². The maximum Gasteiger partial charge on any atom is 0.248 e. The van der Waals surface area contributed by atoms with Crippen LogP contribution in [0.4, 0.5) is 0 Å². The number of hydrogen-bond acceptors (Lipinski definition) is 4. The lowest BCUT2D eigenvalue weighted by atomic mass is 10.2. The van der Waals surface area contributed by atoms with Gasteiger partial charge in [-0.15, -0.1) is 0 Å². The molecule has 0 radical (unpaired) electrons. The third-order valence-electron chi connectivity index (χ3n) is 3.68. The third-order valence-corrected chi connectivity index (χ3v) is 3.68. The van der Waals surface area contributed by atoms with Gasteiger partial charge in [-0.25, -0.2) is 0 Å². The van der Waals surface area contributed by atoms with Crippen molar-refractivity contribution in [3.05, 3.63) is 60.1 Å². The molecule has 0 saturated heterocycles. The molecule has 1 aromatic heterocycles. The monoisotopic (exact) mass is 316 g/mol. The molecule has 0 bridgehead atoms. The Morgan fingerprint density at radius 3 is 2.57 bits per heavy atom. The summed E-state index contributed by atoms with van der Waals surface area (Å²) in [5, 5.41) is 2.92. The predicted molar refractivity (Wildman–Crippen MR) is 88.8 cm³/mol. The summed E-state index contributed by atoms with van der Waals surface area (Å²) < 4.78 is 11.1. The second-order valence-electron chi connectivity index (χ2n) is 5.68. The van der Waals surface area contributed by atoms with Crippen LogP contribution in [0.15, 0.2) is 53.1 Å². The number of carbonyl (C=O) groups excluding carboxylic acids is 1. The van der Waals surface area contributed by atoms with Crippen molar-refractivity contribution in [1.29, 1.82) is 0 Å². The number of carbonyl (C=O) groups is 1. The first-order chi connectivity index (χ1) is 11.1. The van der Waals surface area contributed by atoms with E-state index in [0.717, 1.165) is 11.3 Å². The van der Waals surface area contributed by atoms with Gasteiger partial charge in [-0.3, -0.25) is 9.69 Å². The summed E-state index contributed by atoms with van der Waals surface area (Å²) in [5.41, 5.74) is 1.05. The zero-order chi connectivity index (χ0) is 16.7. The molecule has 0 saturated carbocycles. The molecule has 2 rings (SSSR count). The molecular formula is C18H24N2O3. The predicted octanol–water partition coefficient (Wildman–Crippen LogP) is 2.60. The molecule has 5 heteroatoms. The third kappa shape index (κ3) is 5.23. The van der Waals surface area contributed by atoms with Crippen molar-refractivity contribution in [3.63, 3.8) is 0 Å². The smallest absolute Gasteiger partial charge is 0.248 e. The van der Waals surface area contributed by atoms with Crippen LogP contribution in [0.5, 0.6) is 0 Å². The van der Waals surface area contributed by atoms with Gasteiger partial charge in [0.05, 0.1) is 18.9 Å². The molecule has 1 aromatic carbocycles. The molecular weight excluding hydrogens is 292 g/mol. The van der Waals surface area contributed by atoms with Crippen molar-refractivity contribution < 1.29 is 13.9 Å². The second-order valence-corrected chi connectivity index (χ2v) is 5.68. The number of nitrogens with zero attached hydrogens (tertiary/aromatic N) is 1. The Labute approximate surface area is 137 Å². The van der Waals surface area contributed by atoms with Gasteiger partial charge in [0.25, 0.3) is 0 Å². The van der Waals surface area contributed by atoms with Crippen molar-refractivity contribution in [3.8, 4) is 0 Å². The van der Waals surface area contributed by atoms with Crippen LogP contribution in [-0.4, -0.2) is 37.6 Å². The van der Waals surface area contributed by atoms with Crippen molar-refractivity contribution in [2.45, 2.75) is 25.7 Å². The van der Waals surface area contributed by atoms with Gasteiger partial charge in [0, 0.05) is 6.54 Å². The molecule has 1 N–H and O–H groups in total. The van der Waals surface area contributed by atoms with Gasteiger partial charge in [0.15, 0.2) is 0 Å². The fourth-order valence-electron chi connectivity index (χ4n) is 2.23. The first-order valence-corrected chi connectivity index (χ1v) is 7.71. The van der Waals surface area contributed by atoms with Crippen molar-refractivity contribution in [2.24, 2.45) is 0 Å². The van der Waals surface area contributed by atoms with Gasteiger partial charge >= 0.3 is 0 Å². The lowest BCUT2D eigenvalue weighted by Crippen LogP contribution is -2.39. The maximum absolute atomic E-state index is 12.2. The van der Waals surface area contributed by atoms with E-state index in [2.05, 4.69) is 5.32 Å². The summed E-state index contributed by atoms with van der Waals surface area (Å²) in [6, 6.07) is 13.6. The lowest BCUT2D eigenvalue weighted by molar-refractivity contribution is -0.132. The molecule has 0 spiro atoms. The average molecular weight is 316 g/mol. The summed E-state index contributed by atoms with van der Waals surface area (Å²) >= 11 is 0. The molecule has 0 fully saturated rings. The Bertz CT molecular complexity index is 582. The SMILES string of the molecule is CC(OCc1ccccc1)C(=O)NCC(c1ccco1)N(C)C. The lowest BCUT2D eigenvalue weighted by Gasteiger charge is -2.23. The Morgan fingerprint density at radius 1 is 1.22 bits per heavy atom. The normalized spacial score (nSPS) is 13.7. The second kappa shape index (κ2) is 8.50. The number of hydrogen-bond donors (Lipinski definition) is 1. The van der Waals surface area contributed by atoms with E-state index >= 15 is 0 Å². The number of rotatable bonds is 8. The minimum atomic E-state index is -0.505. The van der Waals surface area contributed by atoms with Gasteiger partial charge in [-0.05, 0) is 38.7 Å². The first kappa shape index (κ1) is 17.2. The fourth-order valence-corrected chi connectivity index (χ4v) is 2.23. The number of nitrogens with one attached hydrogen (secondary N) is 1. The van der Waals surface area contributed by atoms with Crippen LogP contribution in [0.2, 0.25) is 0 Å². The molecule has 2 unspecified atom stereocenters. The summed E-state index contributed by atoms with van der Waals surface area (Å²) in [5.74, 6) is 0.701. The van der Waals surface area contributed by atoms with Crippen LogP contribution < -0.4 is 5.32 Å². The maximum atomic E-state index is 12.2. The Morgan fingerprint density at radius 2 is 1.96 bits per heavy atom. The minimum Gasteiger partial charge on any atom is -0.468 e. The molecule has 2 aromatic rings. The number of ether oxygens (including phenoxy) is 1. The van der Waals surface area contributed by atoms with Crippen molar-refractivity contribution in [2.75, 3.05) is 20.6 Å². The molecule has 0 aliphatic carbocycles. The zero-order valence-corrected chi connectivity index (χ0v) is 13.9. The first-order valence-electron chi connectivity index (χ1n) is 7.71. The quantitative estimate of drug-likeness (QED) is 0.813. The van der Waals surface area contributed by atoms with E-state index in [-0.39, 0.29) is 11.9 Å². The summed E-state index contributed by atoms with van der Waals surface area (Å²) in [6.07, 6.45) is 1.13. The molecule has 2 atom stereocenters. The van der Waals surface area contributed by atoms with E-state index in [4.69, 9.17) is 9.15 Å². The van der Waals surface area contributed by atoms with E-state index in [9.17, 15) is 4.79 Å². The van der Waals surface area contributed by atoms with Gasteiger partial charge in [0.1, 0.15) is 11.9 Å². The van der Waals surface area contributed by atoms with Crippen LogP contribution in [0, 0.1) is 0 Å². The van der Waals surface area contributed by atoms with Gasteiger partial charge in [-0.2, -0.15) is 0 Å². The zero-order valence-electron chi connectivity index (χ0n) is 13.9. The average Bonchev–Trinajstić information content (AvgIpc) is 3.07. The Balaban J connectivity index is 1.81. The van der Waals surface area contributed by atoms with Crippen LogP contribution in [-0.2, 0) is 16.1 Å². The Hall–Kier alpha value is -2.11. The van der Waals surface area contributed by atoms with Crippen LogP contribution in [0.3, 0.4) is 0 Å². The highest BCUT2D eigenvalue weighted by molar-refractivity contribution is 5.80. The topological polar surface area (TPSA) is 54.7 Å². The van der Waals surface area contributed by atoms with E-state index in [0.29, 0.717) is 13.2 Å². The van der Waals surface area contributed by atoms with E-state index in [1.807, 2.05) is 61.5 Å². The van der Waals surface area contributed by atoms with E-state index < -0.39 is 6.10 Å². The van der Waals surface area contributed by atoms with Crippen molar-refractivity contribution in [1.82, 2.24) is 10.2 Å². The number of amides is 1. The largest absolute Gasteiger partial charge is 0.468 e. The highest BCUT2D eigenvalue weighted by Gasteiger charge is 2.20. The Kier molecular flexibility index (Phi) is 6.38. The number of likely N-dealkylation sites (N-methyl/N-ethyl adjacent to an activating group) is 1. The molecule has 1 heterocycles. The summed E-state index contributed by atoms with van der Waals surface area (Å²) in [4.78, 5) is 14.2. The fraction of sp³-hybridized carbons (Fsp3) is 0.389. The summed E-state index contributed by atoms with van der Waals surface area (Å²) in [6.45, 7) is 2.65. The molecule has 1 amide bonds. The number of furan rings is 1. The van der Waals surface area contributed by atoms with Gasteiger partial charge < -0.3 is 14.5 Å². The summed E-state index contributed by atoms with van der Waals surface area (Å²) in [7, 11) is 3.91. The molecule has 0 aliphatic heterocycles. The van der Waals surface area contributed by atoms with Crippen LogP contribution >= 0.6 is 0 Å². The molecule has 23 heavy (non-hydrogen) atoms. The van der Waals surface area contributed by atoms with E-state index in [1.54, 1.807) is 13.2 Å². The minimum absolute atomic E-state index is 0.00438. The van der Waals surface area contributed by atoms with Crippen LogP contribution in [0.25, 0.3) is 0 Å².